The van der Waals surface area contributed by atoms with Gasteiger partial charge >= 0.3 is 0 Å². The van der Waals surface area contributed by atoms with Crippen LogP contribution in [0.15, 0.2) is 29.1 Å². The molecule has 0 N–H and O–H groups in total. The van der Waals surface area contributed by atoms with Crippen LogP contribution in [0.4, 0.5) is 8.78 Å². The summed E-state index contributed by atoms with van der Waals surface area (Å²) in [4.78, 5) is 8.12. The fourth-order valence-electron chi connectivity index (χ4n) is 1.93. The highest BCUT2D eigenvalue weighted by Crippen LogP contribution is 2.34. The minimum absolute atomic E-state index is 0.128. The van der Waals surface area contributed by atoms with Crippen molar-refractivity contribution in [1.29, 1.82) is 0 Å². The minimum Gasteiger partial charge on any atom is -0.216 e. The molecule has 0 bridgehead atoms. The maximum absolute atomic E-state index is 13.9. The number of rotatable bonds is 1. The average molecular weight is 325 g/mol. The quantitative estimate of drug-likeness (QED) is 0.646. The van der Waals surface area contributed by atoms with Crippen molar-refractivity contribution >= 4 is 21.7 Å². The SMILES string of the molecule is Cc1nc2ncnn2c(Br)c1-c1c(F)cccc1F. The first-order chi connectivity index (χ1) is 9.09. The van der Waals surface area contributed by atoms with Crippen molar-refractivity contribution in [3.63, 3.8) is 0 Å². The smallest absolute Gasteiger partial charge is 0.216 e. The predicted octanol–water partition coefficient (Wildman–Crippen LogP) is 3.14. The molecule has 0 amide bonds. The van der Waals surface area contributed by atoms with E-state index >= 15 is 0 Å². The van der Waals surface area contributed by atoms with Crippen molar-refractivity contribution in [2.45, 2.75) is 6.92 Å². The summed E-state index contributed by atoms with van der Waals surface area (Å²) in [7, 11) is 0. The van der Waals surface area contributed by atoms with Crippen molar-refractivity contribution in [1.82, 2.24) is 19.6 Å². The number of nitrogens with zero attached hydrogens (tertiary/aromatic N) is 4. The van der Waals surface area contributed by atoms with Gasteiger partial charge in [-0.2, -0.15) is 14.6 Å². The van der Waals surface area contributed by atoms with Gasteiger partial charge in [0.2, 0.25) is 0 Å². The maximum atomic E-state index is 13.9. The van der Waals surface area contributed by atoms with Gasteiger partial charge in [-0.15, -0.1) is 0 Å². The van der Waals surface area contributed by atoms with E-state index in [2.05, 4.69) is 31.0 Å². The largest absolute Gasteiger partial charge is 0.253 e. The third-order valence-electron chi connectivity index (χ3n) is 2.76. The molecule has 1 aromatic carbocycles. The Hall–Kier alpha value is -1.89. The van der Waals surface area contributed by atoms with E-state index in [9.17, 15) is 8.78 Å². The van der Waals surface area contributed by atoms with Crippen LogP contribution in [0.3, 0.4) is 0 Å². The zero-order chi connectivity index (χ0) is 13.6. The van der Waals surface area contributed by atoms with Crippen LogP contribution in [-0.2, 0) is 0 Å². The van der Waals surface area contributed by atoms with Gasteiger partial charge in [-0.3, -0.25) is 0 Å². The molecule has 0 spiro atoms. The number of hydrogen-bond acceptors (Lipinski definition) is 3. The number of benzene rings is 1. The first-order valence-electron chi connectivity index (χ1n) is 5.40. The van der Waals surface area contributed by atoms with E-state index in [1.807, 2.05) is 0 Å². The van der Waals surface area contributed by atoms with E-state index in [0.717, 1.165) is 0 Å². The summed E-state index contributed by atoms with van der Waals surface area (Å²) >= 11 is 3.30. The van der Waals surface area contributed by atoms with Gasteiger partial charge in [-0.1, -0.05) is 6.07 Å². The third kappa shape index (κ3) is 1.81. The van der Waals surface area contributed by atoms with Gasteiger partial charge < -0.3 is 0 Å². The lowest BCUT2D eigenvalue weighted by molar-refractivity contribution is 0.588. The van der Waals surface area contributed by atoms with Crippen LogP contribution >= 0.6 is 15.9 Å². The van der Waals surface area contributed by atoms with Crippen LogP contribution in [0.5, 0.6) is 0 Å². The molecule has 3 aromatic rings. The van der Waals surface area contributed by atoms with Gasteiger partial charge in [0.25, 0.3) is 5.78 Å². The molecule has 3 rings (SSSR count). The van der Waals surface area contributed by atoms with E-state index < -0.39 is 11.6 Å². The highest BCUT2D eigenvalue weighted by molar-refractivity contribution is 9.10. The lowest BCUT2D eigenvalue weighted by atomic mass is 10.1. The number of aryl methyl sites for hydroxylation is 1. The summed E-state index contributed by atoms with van der Waals surface area (Å²) in [5, 5.41) is 3.96. The molecule has 0 atom stereocenters. The molecule has 0 saturated carbocycles. The Bertz CT molecular complexity index is 764. The molecule has 0 unspecified atom stereocenters. The summed E-state index contributed by atoms with van der Waals surface area (Å²) in [6.45, 7) is 1.67. The van der Waals surface area contributed by atoms with Crippen molar-refractivity contribution in [2.75, 3.05) is 0 Å². The Morgan fingerprint density at radius 1 is 1.16 bits per heavy atom. The Labute approximate surface area is 115 Å². The Kier molecular flexibility index (Phi) is 2.78. The molecule has 0 aliphatic rings. The van der Waals surface area contributed by atoms with Gasteiger partial charge in [0.1, 0.15) is 22.6 Å². The second-order valence-electron chi connectivity index (χ2n) is 3.93. The second-order valence-corrected chi connectivity index (χ2v) is 4.68. The van der Waals surface area contributed by atoms with Gasteiger partial charge in [-0.05, 0) is 35.0 Å². The van der Waals surface area contributed by atoms with Crippen molar-refractivity contribution in [3.05, 3.63) is 46.5 Å². The van der Waals surface area contributed by atoms with Crippen LogP contribution in [0.25, 0.3) is 16.9 Å². The normalized spacial score (nSPS) is 11.2. The standard InChI is InChI=1S/C12H7BrF2N4/c1-6-9(10-7(14)3-2-4-8(10)15)11(13)19-12(18-6)16-5-17-19/h2-5H,1H3. The molecule has 7 heteroatoms. The van der Waals surface area contributed by atoms with Crippen LogP contribution in [0.2, 0.25) is 0 Å². The van der Waals surface area contributed by atoms with Gasteiger partial charge in [0, 0.05) is 5.56 Å². The monoisotopic (exact) mass is 324 g/mol. The summed E-state index contributed by atoms with van der Waals surface area (Å²) < 4.78 is 29.6. The molecular formula is C12H7BrF2N4. The molecule has 2 heterocycles. The van der Waals surface area contributed by atoms with E-state index in [1.165, 1.54) is 29.0 Å². The molecule has 0 fully saturated rings. The van der Waals surface area contributed by atoms with Crippen LogP contribution in [0.1, 0.15) is 5.69 Å². The van der Waals surface area contributed by atoms with E-state index in [4.69, 9.17) is 0 Å². The molecule has 0 aliphatic heterocycles. The summed E-state index contributed by atoms with van der Waals surface area (Å²) in [6.07, 6.45) is 1.33. The molecule has 0 saturated heterocycles. The third-order valence-corrected chi connectivity index (χ3v) is 3.50. The lowest BCUT2D eigenvalue weighted by Crippen LogP contribution is -2.02. The Morgan fingerprint density at radius 3 is 2.53 bits per heavy atom. The highest BCUT2D eigenvalue weighted by Gasteiger charge is 2.20. The number of fused-ring (bicyclic) bond motifs is 1. The Morgan fingerprint density at radius 2 is 1.84 bits per heavy atom. The molecule has 4 nitrogen and oxygen atoms in total. The second kappa shape index (κ2) is 4.34. The van der Waals surface area contributed by atoms with Gasteiger partial charge in [0.15, 0.2) is 0 Å². The average Bonchev–Trinajstić information content (AvgIpc) is 2.81. The van der Waals surface area contributed by atoms with Crippen LogP contribution in [-0.4, -0.2) is 19.6 Å². The topological polar surface area (TPSA) is 43.1 Å². The lowest BCUT2D eigenvalue weighted by Gasteiger charge is -2.10. The van der Waals surface area contributed by atoms with Crippen LogP contribution < -0.4 is 0 Å². The maximum Gasteiger partial charge on any atom is 0.253 e. The highest BCUT2D eigenvalue weighted by atomic mass is 79.9. The first kappa shape index (κ1) is 12.2. The zero-order valence-electron chi connectivity index (χ0n) is 9.73. The molecule has 19 heavy (non-hydrogen) atoms. The fourth-order valence-corrected chi connectivity index (χ4v) is 2.67. The van der Waals surface area contributed by atoms with Crippen molar-refractivity contribution in [2.24, 2.45) is 0 Å². The number of hydrogen-bond donors (Lipinski definition) is 0. The van der Waals surface area contributed by atoms with Crippen molar-refractivity contribution < 1.29 is 8.78 Å². The van der Waals surface area contributed by atoms with Gasteiger partial charge in [0.05, 0.1) is 11.3 Å². The fraction of sp³-hybridized carbons (Fsp3) is 0.0833. The van der Waals surface area contributed by atoms with E-state index in [1.54, 1.807) is 6.92 Å². The number of halogens is 3. The molecule has 0 radical (unpaired) electrons. The predicted molar refractivity (Wildman–Crippen MR) is 68.6 cm³/mol. The van der Waals surface area contributed by atoms with Crippen LogP contribution in [0, 0.1) is 18.6 Å². The summed E-state index contributed by atoms with van der Waals surface area (Å²) in [5.41, 5.74) is 0.668. The molecule has 2 aromatic heterocycles. The first-order valence-corrected chi connectivity index (χ1v) is 6.19. The molecule has 0 aliphatic carbocycles. The summed E-state index contributed by atoms with van der Waals surface area (Å²) in [5.74, 6) is -0.931. The van der Waals surface area contributed by atoms with E-state index in [-0.39, 0.29) is 5.56 Å². The molecular weight excluding hydrogens is 318 g/mol. The molecule has 96 valence electrons. The summed E-state index contributed by atoms with van der Waals surface area (Å²) in [6, 6.07) is 3.73. The van der Waals surface area contributed by atoms with E-state index in [0.29, 0.717) is 21.6 Å². The Balaban J connectivity index is 2.42. The minimum atomic E-state index is -0.648. The van der Waals surface area contributed by atoms with Crippen molar-refractivity contribution in [3.8, 4) is 11.1 Å². The van der Waals surface area contributed by atoms with Gasteiger partial charge in [-0.25, -0.2) is 13.8 Å². The zero-order valence-corrected chi connectivity index (χ0v) is 11.3. The number of aromatic nitrogens is 4.